The summed E-state index contributed by atoms with van der Waals surface area (Å²) >= 11 is 0. The number of nitrogens with zero attached hydrogens (tertiary/aromatic N) is 1. The zero-order valence-electron chi connectivity index (χ0n) is 13.1. The summed E-state index contributed by atoms with van der Waals surface area (Å²) in [4.78, 5) is 15.8. The summed E-state index contributed by atoms with van der Waals surface area (Å²) in [5.74, 6) is 2.01. The number of aromatic nitrogens is 1. The van der Waals surface area contributed by atoms with Crippen LogP contribution in [0.15, 0.2) is 42.7 Å². The number of aryl methyl sites for hydroxylation is 1. The molecule has 5 nitrogen and oxygen atoms in total. The monoisotopic (exact) mass is 312 g/mol. The van der Waals surface area contributed by atoms with Crippen molar-refractivity contribution in [1.82, 2.24) is 4.98 Å². The van der Waals surface area contributed by atoms with Crippen molar-refractivity contribution in [2.75, 3.05) is 18.5 Å². The Labute approximate surface area is 135 Å². The number of rotatable bonds is 7. The van der Waals surface area contributed by atoms with Gasteiger partial charge >= 0.3 is 0 Å². The van der Waals surface area contributed by atoms with Gasteiger partial charge in [-0.3, -0.25) is 9.78 Å². The molecule has 1 aromatic carbocycles. The molecule has 0 saturated heterocycles. The Morgan fingerprint density at radius 2 is 2.04 bits per heavy atom. The van der Waals surface area contributed by atoms with Crippen molar-refractivity contribution in [3.8, 4) is 11.5 Å². The van der Waals surface area contributed by atoms with Gasteiger partial charge in [-0.25, -0.2) is 0 Å². The van der Waals surface area contributed by atoms with Crippen LogP contribution in [0, 0.1) is 12.8 Å². The first kappa shape index (κ1) is 15.5. The topological polar surface area (TPSA) is 60.5 Å². The predicted molar refractivity (Wildman–Crippen MR) is 87.7 cm³/mol. The number of benzene rings is 1. The van der Waals surface area contributed by atoms with E-state index < -0.39 is 0 Å². The van der Waals surface area contributed by atoms with Crippen LogP contribution >= 0.6 is 0 Å². The molecule has 1 heterocycles. The lowest BCUT2D eigenvalue weighted by Crippen LogP contribution is -2.19. The van der Waals surface area contributed by atoms with Gasteiger partial charge in [0, 0.05) is 18.1 Å². The predicted octanol–water partition coefficient (Wildman–Crippen LogP) is 3.55. The molecule has 5 heteroatoms. The molecule has 0 bridgehead atoms. The molecule has 1 aliphatic rings. The Kier molecular flexibility index (Phi) is 4.88. The van der Waals surface area contributed by atoms with Crippen molar-refractivity contribution < 1.29 is 14.3 Å². The highest BCUT2D eigenvalue weighted by Gasteiger charge is 2.21. The first-order chi connectivity index (χ1) is 11.2. The van der Waals surface area contributed by atoms with Gasteiger partial charge in [-0.2, -0.15) is 0 Å². The molecule has 1 aromatic heterocycles. The van der Waals surface area contributed by atoms with Gasteiger partial charge in [0.05, 0.1) is 6.61 Å². The van der Waals surface area contributed by atoms with Crippen LogP contribution < -0.4 is 10.1 Å². The van der Waals surface area contributed by atoms with E-state index in [0.717, 1.165) is 22.7 Å². The molecule has 3 rings (SSSR count). The van der Waals surface area contributed by atoms with Gasteiger partial charge in [0.15, 0.2) is 0 Å². The summed E-state index contributed by atoms with van der Waals surface area (Å²) in [6.07, 6.45) is 5.81. The van der Waals surface area contributed by atoms with E-state index in [-0.39, 0.29) is 12.5 Å². The Bertz CT molecular complexity index is 669. The number of hydrogen-bond donors (Lipinski definition) is 1. The molecule has 0 unspecified atom stereocenters. The van der Waals surface area contributed by atoms with Crippen LogP contribution in [0.2, 0.25) is 0 Å². The highest BCUT2D eigenvalue weighted by molar-refractivity contribution is 5.91. The van der Waals surface area contributed by atoms with Gasteiger partial charge in [0.1, 0.15) is 18.1 Å². The maximum absolute atomic E-state index is 11.8. The zero-order chi connectivity index (χ0) is 16.1. The van der Waals surface area contributed by atoms with E-state index in [4.69, 9.17) is 9.47 Å². The minimum atomic E-state index is -0.132. The van der Waals surface area contributed by atoms with Crippen LogP contribution in [-0.2, 0) is 9.53 Å². The van der Waals surface area contributed by atoms with Gasteiger partial charge in [-0.05, 0) is 61.6 Å². The molecular formula is C18H20N2O3. The smallest absolute Gasteiger partial charge is 0.250 e. The molecule has 1 amide bonds. The quantitative estimate of drug-likeness (QED) is 0.849. The van der Waals surface area contributed by atoms with Gasteiger partial charge in [0.2, 0.25) is 5.91 Å². The maximum Gasteiger partial charge on any atom is 0.250 e. The van der Waals surface area contributed by atoms with Crippen LogP contribution in [0.1, 0.15) is 18.4 Å². The van der Waals surface area contributed by atoms with Crippen molar-refractivity contribution in [2.45, 2.75) is 19.8 Å². The van der Waals surface area contributed by atoms with E-state index in [2.05, 4.69) is 10.3 Å². The molecule has 2 aromatic rings. The first-order valence-electron chi connectivity index (χ1n) is 7.77. The fourth-order valence-electron chi connectivity index (χ4n) is 2.17. The molecule has 1 saturated carbocycles. The Morgan fingerprint density at radius 1 is 1.26 bits per heavy atom. The Balaban J connectivity index is 1.54. The van der Waals surface area contributed by atoms with Crippen LogP contribution in [-0.4, -0.2) is 24.1 Å². The standard InChI is InChI=1S/C18H20N2O3/c1-13-10-15(20-18(21)12-22-11-14-2-3-14)4-5-17(13)23-16-6-8-19-9-7-16/h4-10,14H,2-3,11-12H2,1H3,(H,20,21). The second-order valence-corrected chi connectivity index (χ2v) is 5.77. The average Bonchev–Trinajstić information content (AvgIpc) is 3.35. The summed E-state index contributed by atoms with van der Waals surface area (Å²) < 4.78 is 11.2. The number of hydrogen-bond acceptors (Lipinski definition) is 4. The first-order valence-corrected chi connectivity index (χ1v) is 7.77. The minimum absolute atomic E-state index is 0.102. The molecular weight excluding hydrogens is 292 g/mol. The summed E-state index contributed by atoms with van der Waals surface area (Å²) in [5.41, 5.74) is 1.68. The van der Waals surface area contributed by atoms with Gasteiger partial charge in [-0.1, -0.05) is 0 Å². The number of amides is 1. The second kappa shape index (κ2) is 7.24. The molecule has 120 valence electrons. The number of anilines is 1. The van der Waals surface area contributed by atoms with E-state index in [1.807, 2.05) is 25.1 Å². The average molecular weight is 312 g/mol. The van der Waals surface area contributed by atoms with Gasteiger partial charge in [0.25, 0.3) is 0 Å². The summed E-state index contributed by atoms with van der Waals surface area (Å²) in [7, 11) is 0. The van der Waals surface area contributed by atoms with Crippen molar-refractivity contribution in [2.24, 2.45) is 5.92 Å². The van der Waals surface area contributed by atoms with Crippen LogP contribution in [0.4, 0.5) is 5.69 Å². The van der Waals surface area contributed by atoms with Gasteiger partial charge < -0.3 is 14.8 Å². The zero-order valence-corrected chi connectivity index (χ0v) is 13.1. The van der Waals surface area contributed by atoms with Crippen molar-refractivity contribution >= 4 is 11.6 Å². The maximum atomic E-state index is 11.8. The van der Waals surface area contributed by atoms with E-state index >= 15 is 0 Å². The van der Waals surface area contributed by atoms with E-state index in [0.29, 0.717) is 12.5 Å². The van der Waals surface area contributed by atoms with Crippen LogP contribution in [0.25, 0.3) is 0 Å². The van der Waals surface area contributed by atoms with Gasteiger partial charge in [-0.15, -0.1) is 0 Å². The fraction of sp³-hybridized carbons (Fsp3) is 0.333. The van der Waals surface area contributed by atoms with Crippen molar-refractivity contribution in [3.05, 3.63) is 48.3 Å². The Hall–Kier alpha value is -2.40. The van der Waals surface area contributed by atoms with E-state index in [9.17, 15) is 4.79 Å². The fourth-order valence-corrected chi connectivity index (χ4v) is 2.17. The third-order valence-electron chi connectivity index (χ3n) is 3.62. The van der Waals surface area contributed by atoms with Crippen molar-refractivity contribution in [1.29, 1.82) is 0 Å². The number of nitrogens with one attached hydrogen (secondary N) is 1. The third-order valence-corrected chi connectivity index (χ3v) is 3.62. The lowest BCUT2D eigenvalue weighted by Gasteiger charge is -2.11. The summed E-state index contributed by atoms with van der Waals surface area (Å²) in [6.45, 7) is 2.73. The molecule has 1 aliphatic carbocycles. The Morgan fingerprint density at radius 3 is 2.74 bits per heavy atom. The number of carbonyl (C=O) groups is 1. The molecule has 0 atom stereocenters. The second-order valence-electron chi connectivity index (χ2n) is 5.77. The van der Waals surface area contributed by atoms with Crippen LogP contribution in [0.5, 0.6) is 11.5 Å². The van der Waals surface area contributed by atoms with Crippen LogP contribution in [0.3, 0.4) is 0 Å². The third kappa shape index (κ3) is 4.79. The molecule has 23 heavy (non-hydrogen) atoms. The summed E-state index contributed by atoms with van der Waals surface area (Å²) in [6, 6.07) is 9.15. The number of ether oxygens (including phenoxy) is 2. The minimum Gasteiger partial charge on any atom is -0.457 e. The number of pyridine rings is 1. The molecule has 0 spiro atoms. The SMILES string of the molecule is Cc1cc(NC(=O)COCC2CC2)ccc1Oc1ccncc1. The normalized spacial score (nSPS) is 13.6. The lowest BCUT2D eigenvalue weighted by atomic mass is 10.2. The highest BCUT2D eigenvalue weighted by atomic mass is 16.5. The van der Waals surface area contributed by atoms with E-state index in [1.54, 1.807) is 24.5 Å². The lowest BCUT2D eigenvalue weighted by molar-refractivity contribution is -0.120. The van der Waals surface area contributed by atoms with E-state index in [1.165, 1.54) is 12.8 Å². The molecule has 0 radical (unpaired) electrons. The van der Waals surface area contributed by atoms with Crippen molar-refractivity contribution in [3.63, 3.8) is 0 Å². The number of carbonyl (C=O) groups excluding carboxylic acids is 1. The largest absolute Gasteiger partial charge is 0.457 e. The highest BCUT2D eigenvalue weighted by Crippen LogP contribution is 2.29. The molecule has 0 aliphatic heterocycles. The molecule has 1 N–H and O–H groups in total. The molecule has 1 fully saturated rings. The summed E-state index contributed by atoms with van der Waals surface area (Å²) in [5, 5.41) is 2.84.